The first-order chi connectivity index (χ1) is 1.73. The summed E-state index contributed by atoms with van der Waals surface area (Å²) in [6.45, 7) is 0. The van der Waals surface area contributed by atoms with Crippen LogP contribution in [0.4, 0.5) is 0 Å². The summed E-state index contributed by atoms with van der Waals surface area (Å²) in [5.41, 5.74) is 0. The number of halogens is 1. The van der Waals surface area contributed by atoms with Gasteiger partial charge < -0.3 is 8.42 Å². The fourth-order valence-electron chi connectivity index (χ4n) is 0. The molecule has 0 aliphatic rings. The van der Waals surface area contributed by atoms with Crippen LogP contribution in [0, 0.1) is 0 Å². The smallest absolute Gasteiger partial charge is 0.0109 e. The fraction of sp³-hybridized carbons (Fsp3) is 0. The zero-order chi connectivity index (χ0) is 3.58. The fourth-order valence-corrected chi connectivity index (χ4v) is 0. The largest absolute Gasteiger partial charge is 0.409 e. The van der Waals surface area contributed by atoms with Gasteiger partial charge in [-0.3, -0.25) is 0 Å². The number of hydrogen-bond donors (Lipinski definition) is 0. The van der Waals surface area contributed by atoms with Crippen LogP contribution in [-0.4, -0.2) is 0 Å². The standard InChI is InChI=1S/ClO2S.Fe/c1-4(2)3;/q-1;. The van der Waals surface area contributed by atoms with E-state index in [9.17, 15) is 0 Å². The van der Waals surface area contributed by atoms with Crippen molar-refractivity contribution >= 4 is 20.6 Å². The topological polar surface area (TPSA) is 34.1 Å². The van der Waals surface area contributed by atoms with E-state index in [0.717, 1.165) is 0 Å². The van der Waals surface area contributed by atoms with Gasteiger partial charge in [0.1, 0.15) is 0 Å². The Hall–Kier alpha value is 0.759. The molecule has 34 valence electrons. The van der Waals surface area contributed by atoms with Crippen LogP contribution in [0.3, 0.4) is 0 Å². The maximum atomic E-state index is 8.77. The molecule has 0 spiro atoms. The summed E-state index contributed by atoms with van der Waals surface area (Å²) < 4.78 is 17.5. The summed E-state index contributed by atoms with van der Waals surface area (Å²) >= 11 is 0. The minimum atomic E-state index is -2.39. The van der Waals surface area contributed by atoms with Gasteiger partial charge in [0.2, 0.25) is 0 Å². The van der Waals surface area contributed by atoms with Crippen LogP contribution in [0.15, 0.2) is 0 Å². The molecule has 0 radical (unpaired) electrons. The van der Waals surface area contributed by atoms with Crippen molar-refractivity contribution in [3.05, 3.63) is 0 Å². The van der Waals surface area contributed by atoms with Crippen LogP contribution >= 0.6 is 10.7 Å². The van der Waals surface area contributed by atoms with Crippen LogP contribution in [-0.2, 0) is 35.4 Å². The van der Waals surface area contributed by atoms with Gasteiger partial charge in [-0.15, -0.1) is 0 Å². The minimum Gasteiger partial charge on any atom is -0.409 e. The van der Waals surface area contributed by atoms with Gasteiger partial charge in [0.05, 0.1) is 0 Å². The summed E-state index contributed by atoms with van der Waals surface area (Å²) in [4.78, 5) is 0. The van der Waals surface area contributed by atoms with Crippen molar-refractivity contribution in [2.45, 2.75) is 0 Å². The molecule has 0 aromatic rings. The van der Waals surface area contributed by atoms with Crippen LogP contribution < -0.4 is 0 Å². The van der Waals surface area contributed by atoms with Crippen LogP contribution in [0.25, 0.3) is 0 Å². The molecule has 0 saturated heterocycles. The maximum absolute atomic E-state index is 8.77. The Kier molecular flexibility index (Phi) is 8.79. The molecule has 0 aliphatic carbocycles. The predicted octanol–water partition coefficient (Wildman–Crippen LogP) is 0.447. The zero-order valence-corrected chi connectivity index (χ0v) is 4.63. The van der Waals surface area contributed by atoms with E-state index < -0.39 is 9.92 Å². The van der Waals surface area contributed by atoms with Gasteiger partial charge >= 0.3 is 0 Å². The summed E-state index contributed by atoms with van der Waals surface area (Å²) in [7, 11) is 1.80. The molecule has 0 atom stereocenters. The second-order valence-corrected chi connectivity index (χ2v) is 1.34. The normalized spacial score (nSPS) is 6.80. The molecule has 0 saturated carbocycles. The van der Waals surface area contributed by atoms with Crippen molar-refractivity contribution in [3.63, 3.8) is 0 Å². The van der Waals surface area contributed by atoms with E-state index >= 15 is 0 Å². The Morgan fingerprint density at radius 1 is 1.40 bits per heavy atom. The van der Waals surface area contributed by atoms with E-state index in [2.05, 4.69) is 10.7 Å². The Morgan fingerprint density at radius 3 is 1.40 bits per heavy atom. The van der Waals surface area contributed by atoms with Crippen LogP contribution in [0.5, 0.6) is 0 Å². The van der Waals surface area contributed by atoms with Crippen LogP contribution in [0.1, 0.15) is 0 Å². The zero-order valence-electron chi connectivity index (χ0n) is 1.96. The molecular weight excluding hydrogens is 155 g/mol. The Labute approximate surface area is 46.4 Å². The van der Waals surface area contributed by atoms with Crippen molar-refractivity contribution in [2.75, 3.05) is 0 Å². The molecule has 0 aromatic carbocycles. The first-order valence-corrected chi connectivity index (χ1v) is 2.39. The van der Waals surface area contributed by atoms with E-state index in [1.165, 1.54) is 0 Å². The SMILES string of the molecule is O=[S-](=O)Cl.[Fe]. The van der Waals surface area contributed by atoms with Crippen molar-refractivity contribution in [3.8, 4) is 0 Å². The van der Waals surface area contributed by atoms with Crippen molar-refractivity contribution < 1.29 is 25.5 Å². The summed E-state index contributed by atoms with van der Waals surface area (Å²) in [6.07, 6.45) is 0. The Balaban J connectivity index is 0. The monoisotopic (exact) mass is 155 g/mol. The third-order valence-electron chi connectivity index (χ3n) is 0. The number of rotatable bonds is 0. The van der Waals surface area contributed by atoms with Gasteiger partial charge in [0.15, 0.2) is 0 Å². The van der Waals surface area contributed by atoms with Crippen molar-refractivity contribution in [2.24, 2.45) is 0 Å². The summed E-state index contributed by atoms with van der Waals surface area (Å²) in [5, 5.41) is 0. The predicted molar refractivity (Wildman–Crippen MR) is 14.6 cm³/mol. The first kappa shape index (κ1) is 9.23. The molecule has 0 fully saturated rings. The molecule has 0 bridgehead atoms. The van der Waals surface area contributed by atoms with Crippen LogP contribution in [0.2, 0.25) is 0 Å². The van der Waals surface area contributed by atoms with Gasteiger partial charge in [-0.2, -0.15) is 10.7 Å². The third-order valence-corrected chi connectivity index (χ3v) is 0. The second kappa shape index (κ2) is 4.76. The molecule has 0 amide bonds. The molecule has 0 N–H and O–H groups in total. The van der Waals surface area contributed by atoms with E-state index in [4.69, 9.17) is 8.42 Å². The van der Waals surface area contributed by atoms with E-state index in [0.29, 0.717) is 0 Å². The minimum absolute atomic E-state index is 0. The molecule has 0 heterocycles. The molecule has 5 heteroatoms. The molecule has 5 heavy (non-hydrogen) atoms. The average Bonchev–Trinajstić information content (AvgIpc) is 0.811. The average molecular weight is 155 g/mol. The quantitative estimate of drug-likeness (QED) is 0.289. The van der Waals surface area contributed by atoms with Gasteiger partial charge in [-0.25, -0.2) is 0 Å². The van der Waals surface area contributed by atoms with E-state index in [1.807, 2.05) is 0 Å². The molecular formula is ClFeO2S-. The summed E-state index contributed by atoms with van der Waals surface area (Å²) in [6, 6.07) is 0. The third kappa shape index (κ3) is 62.8. The maximum Gasteiger partial charge on any atom is 0.0109 e. The molecule has 0 aliphatic heterocycles. The summed E-state index contributed by atoms with van der Waals surface area (Å²) in [5.74, 6) is 0. The van der Waals surface area contributed by atoms with E-state index in [-0.39, 0.29) is 17.1 Å². The molecule has 2 nitrogen and oxygen atoms in total. The molecule has 0 unspecified atom stereocenters. The Morgan fingerprint density at radius 2 is 1.40 bits per heavy atom. The van der Waals surface area contributed by atoms with Gasteiger partial charge in [-0.1, -0.05) is 0 Å². The molecule has 0 rings (SSSR count). The Bertz CT molecular complexity index is 58.0. The molecule has 0 aromatic heterocycles. The van der Waals surface area contributed by atoms with E-state index in [1.54, 1.807) is 0 Å². The second-order valence-electron chi connectivity index (χ2n) is 0.194. The van der Waals surface area contributed by atoms with Crippen molar-refractivity contribution in [1.29, 1.82) is 0 Å². The number of hydrogen-bond acceptors (Lipinski definition) is 3. The van der Waals surface area contributed by atoms with Crippen molar-refractivity contribution in [1.82, 2.24) is 0 Å². The van der Waals surface area contributed by atoms with Gasteiger partial charge in [0.25, 0.3) is 0 Å². The first-order valence-electron chi connectivity index (χ1n) is 0.488. The van der Waals surface area contributed by atoms with Gasteiger partial charge in [-0.05, 0) is 0 Å². The van der Waals surface area contributed by atoms with Gasteiger partial charge in [0, 0.05) is 27.0 Å².